The Hall–Kier alpha value is -2.06. The first-order valence-electron chi connectivity index (χ1n) is 11.4. The fraction of sp³-hybridized carbons (Fsp3) is 0.357. The molecule has 4 bridgehead atoms. The second-order valence-corrected chi connectivity index (χ2v) is 11.1. The van der Waals surface area contributed by atoms with E-state index < -0.39 is 0 Å². The van der Waals surface area contributed by atoms with E-state index in [1.807, 2.05) is 6.07 Å². The highest BCUT2D eigenvalue weighted by Crippen LogP contribution is 2.60. The summed E-state index contributed by atoms with van der Waals surface area (Å²) in [5.41, 5.74) is 6.40. The van der Waals surface area contributed by atoms with Crippen molar-refractivity contribution in [3.8, 4) is 11.1 Å². The molecule has 4 aliphatic rings. The van der Waals surface area contributed by atoms with Crippen LogP contribution in [0.4, 0.5) is 0 Å². The highest BCUT2D eigenvalue weighted by atomic mass is 79.9. The quantitative estimate of drug-likeness (QED) is 0.294. The predicted octanol–water partition coefficient (Wildman–Crippen LogP) is 8.48. The fourth-order valence-electron chi connectivity index (χ4n) is 7.47. The molecule has 4 aromatic rings. The highest BCUT2D eigenvalue weighted by molar-refractivity contribution is 9.10. The lowest BCUT2D eigenvalue weighted by Gasteiger charge is -2.57. The van der Waals surface area contributed by atoms with Crippen LogP contribution in [0, 0.1) is 17.8 Å². The van der Waals surface area contributed by atoms with E-state index in [0.717, 1.165) is 33.4 Å². The SMILES string of the molecule is Brc1cc(-c2ccc(C34CC5CC(CC(C5)C3)C4)cc2)c2oc3ccccc3c2c1. The van der Waals surface area contributed by atoms with Gasteiger partial charge in [0.15, 0.2) is 0 Å². The first-order chi connectivity index (χ1) is 14.7. The Morgan fingerprint density at radius 1 is 0.767 bits per heavy atom. The van der Waals surface area contributed by atoms with Gasteiger partial charge in [-0.05, 0) is 91.0 Å². The Bertz CT molecular complexity index is 1240. The zero-order valence-corrected chi connectivity index (χ0v) is 18.6. The van der Waals surface area contributed by atoms with E-state index >= 15 is 0 Å². The molecular formula is C28H25BrO. The first-order valence-corrected chi connectivity index (χ1v) is 12.2. The van der Waals surface area contributed by atoms with Crippen LogP contribution in [0.2, 0.25) is 0 Å². The lowest BCUT2D eigenvalue weighted by Crippen LogP contribution is -2.48. The largest absolute Gasteiger partial charge is 0.455 e. The van der Waals surface area contributed by atoms with Gasteiger partial charge >= 0.3 is 0 Å². The van der Waals surface area contributed by atoms with E-state index in [1.54, 1.807) is 5.56 Å². The molecule has 0 amide bonds. The Morgan fingerprint density at radius 2 is 1.43 bits per heavy atom. The van der Waals surface area contributed by atoms with Crippen LogP contribution in [0.3, 0.4) is 0 Å². The summed E-state index contributed by atoms with van der Waals surface area (Å²) in [6.45, 7) is 0. The molecule has 2 heteroatoms. The van der Waals surface area contributed by atoms with Gasteiger partial charge in [-0.3, -0.25) is 0 Å². The third-order valence-corrected chi connectivity index (χ3v) is 8.75. The van der Waals surface area contributed by atoms with Crippen molar-refractivity contribution in [3.05, 3.63) is 70.7 Å². The van der Waals surface area contributed by atoms with Crippen LogP contribution >= 0.6 is 15.9 Å². The van der Waals surface area contributed by atoms with E-state index in [-0.39, 0.29) is 0 Å². The molecular weight excluding hydrogens is 432 g/mol. The van der Waals surface area contributed by atoms with Crippen molar-refractivity contribution in [2.24, 2.45) is 17.8 Å². The number of para-hydroxylation sites is 1. The standard InChI is InChI=1S/C28H25BrO/c29-22-12-24(27-25(13-22)23-3-1-2-4-26(23)30-27)20-5-7-21(8-6-20)28-14-17-9-18(15-28)11-19(10-17)16-28/h1-8,12-13,17-19H,9-11,14-16H2. The van der Waals surface area contributed by atoms with Gasteiger partial charge in [0.1, 0.15) is 11.2 Å². The van der Waals surface area contributed by atoms with Gasteiger partial charge in [-0.2, -0.15) is 0 Å². The molecule has 0 radical (unpaired) electrons. The zero-order valence-electron chi connectivity index (χ0n) is 17.0. The van der Waals surface area contributed by atoms with Crippen molar-refractivity contribution < 1.29 is 4.42 Å². The predicted molar refractivity (Wildman–Crippen MR) is 127 cm³/mol. The minimum absolute atomic E-state index is 0.458. The molecule has 0 spiro atoms. The van der Waals surface area contributed by atoms with E-state index in [9.17, 15) is 0 Å². The molecule has 150 valence electrons. The van der Waals surface area contributed by atoms with E-state index in [4.69, 9.17) is 4.42 Å². The van der Waals surface area contributed by atoms with Crippen LogP contribution in [-0.4, -0.2) is 0 Å². The van der Waals surface area contributed by atoms with Gasteiger partial charge < -0.3 is 4.42 Å². The number of rotatable bonds is 2. The van der Waals surface area contributed by atoms with Crippen LogP contribution < -0.4 is 0 Å². The van der Waals surface area contributed by atoms with Gasteiger partial charge in [0, 0.05) is 20.8 Å². The minimum atomic E-state index is 0.458. The summed E-state index contributed by atoms with van der Waals surface area (Å²) in [5.74, 6) is 2.95. The van der Waals surface area contributed by atoms with Gasteiger partial charge in [0.25, 0.3) is 0 Å². The van der Waals surface area contributed by atoms with Crippen molar-refractivity contribution in [2.75, 3.05) is 0 Å². The third-order valence-electron chi connectivity index (χ3n) is 8.29. The third kappa shape index (κ3) is 2.52. The molecule has 4 fully saturated rings. The van der Waals surface area contributed by atoms with E-state index in [0.29, 0.717) is 5.41 Å². The number of hydrogen-bond acceptors (Lipinski definition) is 1. The van der Waals surface area contributed by atoms with Crippen LogP contribution in [0.15, 0.2) is 69.6 Å². The van der Waals surface area contributed by atoms with Crippen molar-refractivity contribution in [3.63, 3.8) is 0 Å². The van der Waals surface area contributed by atoms with E-state index in [1.165, 1.54) is 60.4 Å². The maximum atomic E-state index is 6.30. The zero-order chi connectivity index (χ0) is 19.9. The van der Waals surface area contributed by atoms with Gasteiger partial charge in [-0.15, -0.1) is 0 Å². The molecule has 30 heavy (non-hydrogen) atoms. The fourth-order valence-corrected chi connectivity index (χ4v) is 7.93. The van der Waals surface area contributed by atoms with Crippen LogP contribution in [0.25, 0.3) is 33.1 Å². The van der Waals surface area contributed by atoms with Gasteiger partial charge in [0.2, 0.25) is 0 Å². The summed E-state index contributed by atoms with van der Waals surface area (Å²) in [6, 6.07) is 22.2. The van der Waals surface area contributed by atoms with Crippen molar-refractivity contribution in [1.29, 1.82) is 0 Å². The van der Waals surface area contributed by atoms with Crippen molar-refractivity contribution in [2.45, 2.75) is 43.9 Å². The highest BCUT2D eigenvalue weighted by Gasteiger charge is 2.51. The molecule has 0 atom stereocenters. The molecule has 0 unspecified atom stereocenters. The van der Waals surface area contributed by atoms with Gasteiger partial charge in [-0.1, -0.05) is 58.4 Å². The average Bonchev–Trinajstić information content (AvgIpc) is 3.11. The van der Waals surface area contributed by atoms with Crippen LogP contribution in [0.5, 0.6) is 0 Å². The molecule has 0 aliphatic heterocycles. The van der Waals surface area contributed by atoms with Crippen molar-refractivity contribution >= 4 is 37.9 Å². The molecule has 1 heterocycles. The molecule has 1 nitrogen and oxygen atoms in total. The van der Waals surface area contributed by atoms with Gasteiger partial charge in [-0.25, -0.2) is 0 Å². The van der Waals surface area contributed by atoms with Crippen LogP contribution in [-0.2, 0) is 5.41 Å². The number of benzene rings is 3. The molecule has 3 aromatic carbocycles. The lowest BCUT2D eigenvalue weighted by molar-refractivity contribution is -0.00518. The van der Waals surface area contributed by atoms with Gasteiger partial charge in [0.05, 0.1) is 0 Å². The molecule has 0 saturated heterocycles. The normalized spacial score (nSPS) is 29.8. The summed E-state index contributed by atoms with van der Waals surface area (Å²) in [4.78, 5) is 0. The maximum Gasteiger partial charge on any atom is 0.143 e. The Balaban J connectivity index is 1.33. The average molecular weight is 457 g/mol. The summed E-state index contributed by atoms with van der Waals surface area (Å²) in [7, 11) is 0. The van der Waals surface area contributed by atoms with Crippen molar-refractivity contribution in [1.82, 2.24) is 0 Å². The van der Waals surface area contributed by atoms with Crippen LogP contribution in [0.1, 0.15) is 44.1 Å². The first kappa shape index (κ1) is 17.6. The number of furan rings is 1. The topological polar surface area (TPSA) is 13.1 Å². The Labute approximate surface area is 185 Å². The molecule has 4 saturated carbocycles. The minimum Gasteiger partial charge on any atom is -0.455 e. The summed E-state index contributed by atoms with van der Waals surface area (Å²) >= 11 is 3.73. The second-order valence-electron chi connectivity index (χ2n) is 10.2. The Morgan fingerprint density at radius 3 is 2.13 bits per heavy atom. The molecule has 0 N–H and O–H groups in total. The molecule has 8 rings (SSSR count). The summed E-state index contributed by atoms with van der Waals surface area (Å²) in [6.07, 6.45) is 8.76. The number of hydrogen-bond donors (Lipinski definition) is 0. The summed E-state index contributed by atoms with van der Waals surface area (Å²) < 4.78 is 7.40. The van der Waals surface area contributed by atoms with E-state index in [2.05, 4.69) is 70.5 Å². The smallest absolute Gasteiger partial charge is 0.143 e. The number of halogens is 1. The molecule has 4 aliphatic carbocycles. The monoisotopic (exact) mass is 456 g/mol. The Kier molecular flexibility index (Phi) is 3.66. The lowest BCUT2D eigenvalue weighted by atomic mass is 9.48. The molecule has 1 aromatic heterocycles. The summed E-state index contributed by atoms with van der Waals surface area (Å²) in [5, 5.41) is 2.36. The maximum absolute atomic E-state index is 6.30. The second kappa shape index (κ2) is 6.23. The number of fused-ring (bicyclic) bond motifs is 3.